The zero-order valence-corrected chi connectivity index (χ0v) is 23.4. The van der Waals surface area contributed by atoms with E-state index < -0.39 is 0 Å². The predicted octanol–water partition coefficient (Wildman–Crippen LogP) is 11.0. The molecule has 0 saturated carbocycles. The Hall–Kier alpha value is -5.73. The highest BCUT2D eigenvalue weighted by atomic mass is 15.0. The van der Waals surface area contributed by atoms with Crippen LogP contribution in [-0.2, 0) is 0 Å². The molecular formula is C41H26N2. The summed E-state index contributed by atoms with van der Waals surface area (Å²) in [6.07, 6.45) is 3.71. The van der Waals surface area contributed by atoms with Crippen LogP contribution in [0.25, 0.3) is 82.1 Å². The molecule has 9 aromatic rings. The molecule has 2 heteroatoms. The molecule has 2 aromatic heterocycles. The normalized spacial score (nSPS) is 11.7. The maximum Gasteiger partial charge on any atom is 0.0541 e. The van der Waals surface area contributed by atoms with E-state index in [1.54, 1.807) is 0 Å². The number of nitrogens with zero attached hydrogens (tertiary/aromatic N) is 2. The minimum atomic E-state index is 1.12. The van der Waals surface area contributed by atoms with Crippen molar-refractivity contribution in [3.63, 3.8) is 0 Å². The van der Waals surface area contributed by atoms with Crippen molar-refractivity contribution >= 4 is 54.1 Å². The van der Waals surface area contributed by atoms with E-state index in [1.165, 1.54) is 76.4 Å². The molecule has 0 spiro atoms. The van der Waals surface area contributed by atoms with E-state index in [9.17, 15) is 0 Å². The highest BCUT2D eigenvalue weighted by Crippen LogP contribution is 2.39. The summed E-state index contributed by atoms with van der Waals surface area (Å²) in [5, 5.41) is 10.3. The molecule has 2 nitrogen and oxygen atoms in total. The molecule has 0 fully saturated rings. The van der Waals surface area contributed by atoms with Crippen molar-refractivity contribution < 1.29 is 0 Å². The number of pyridine rings is 1. The van der Waals surface area contributed by atoms with Crippen LogP contribution in [0, 0.1) is 0 Å². The summed E-state index contributed by atoms with van der Waals surface area (Å²) in [6.45, 7) is 0. The molecule has 0 radical (unpaired) electrons. The van der Waals surface area contributed by atoms with Crippen molar-refractivity contribution in [1.82, 2.24) is 9.55 Å². The fourth-order valence-electron chi connectivity index (χ4n) is 6.89. The maximum absolute atomic E-state index is 4.23. The van der Waals surface area contributed by atoms with Crippen molar-refractivity contribution in [3.05, 3.63) is 158 Å². The van der Waals surface area contributed by atoms with Crippen LogP contribution in [0.4, 0.5) is 0 Å². The van der Waals surface area contributed by atoms with Gasteiger partial charge in [0.05, 0.1) is 11.0 Å². The molecule has 0 amide bonds. The molecule has 0 unspecified atom stereocenters. The van der Waals surface area contributed by atoms with Gasteiger partial charge in [0, 0.05) is 28.9 Å². The fraction of sp³-hybridized carbons (Fsp3) is 0. The largest absolute Gasteiger partial charge is 0.309 e. The molecule has 0 aliphatic heterocycles. The lowest BCUT2D eigenvalue weighted by Gasteiger charge is -2.12. The fourth-order valence-corrected chi connectivity index (χ4v) is 6.89. The summed E-state index contributed by atoms with van der Waals surface area (Å²) in [6, 6.07) is 53.0. The van der Waals surface area contributed by atoms with Crippen molar-refractivity contribution in [2.24, 2.45) is 0 Å². The van der Waals surface area contributed by atoms with Gasteiger partial charge < -0.3 is 4.57 Å². The average Bonchev–Trinajstić information content (AvgIpc) is 3.42. The highest BCUT2D eigenvalue weighted by molar-refractivity contribution is 6.25. The third kappa shape index (κ3) is 3.70. The molecule has 200 valence electrons. The monoisotopic (exact) mass is 546 g/mol. The van der Waals surface area contributed by atoms with Crippen molar-refractivity contribution in [1.29, 1.82) is 0 Å². The van der Waals surface area contributed by atoms with Gasteiger partial charge in [-0.2, -0.15) is 0 Å². The zero-order valence-electron chi connectivity index (χ0n) is 23.4. The van der Waals surface area contributed by atoms with E-state index in [2.05, 4.69) is 155 Å². The van der Waals surface area contributed by atoms with Gasteiger partial charge in [-0.15, -0.1) is 0 Å². The molecule has 0 aliphatic carbocycles. The maximum atomic E-state index is 4.23. The molecule has 0 atom stereocenters. The number of para-hydroxylation sites is 1. The van der Waals surface area contributed by atoms with Crippen molar-refractivity contribution in [2.45, 2.75) is 0 Å². The van der Waals surface area contributed by atoms with E-state index in [1.807, 2.05) is 12.4 Å². The Morgan fingerprint density at radius 3 is 1.49 bits per heavy atom. The van der Waals surface area contributed by atoms with Gasteiger partial charge in [0.2, 0.25) is 0 Å². The number of fused-ring (bicyclic) bond motifs is 9. The first-order valence-corrected chi connectivity index (χ1v) is 14.7. The molecule has 9 rings (SSSR count). The summed E-state index contributed by atoms with van der Waals surface area (Å²) >= 11 is 0. The molecule has 0 bridgehead atoms. The highest BCUT2D eigenvalue weighted by Gasteiger charge is 2.14. The topological polar surface area (TPSA) is 17.8 Å². The smallest absolute Gasteiger partial charge is 0.0541 e. The Morgan fingerprint density at radius 1 is 0.326 bits per heavy atom. The van der Waals surface area contributed by atoms with Gasteiger partial charge in [0.1, 0.15) is 0 Å². The Bertz CT molecular complexity index is 2470. The summed E-state index contributed by atoms with van der Waals surface area (Å²) in [7, 11) is 0. The Kier molecular flexibility index (Phi) is 5.23. The zero-order chi connectivity index (χ0) is 28.3. The predicted molar refractivity (Wildman–Crippen MR) is 182 cm³/mol. The molecule has 0 N–H and O–H groups in total. The van der Waals surface area contributed by atoms with Crippen molar-refractivity contribution in [3.8, 4) is 27.9 Å². The van der Waals surface area contributed by atoms with Crippen LogP contribution in [0.5, 0.6) is 0 Å². The van der Waals surface area contributed by atoms with Crippen LogP contribution in [-0.4, -0.2) is 9.55 Å². The van der Waals surface area contributed by atoms with Crippen molar-refractivity contribution in [2.75, 3.05) is 0 Å². The molecule has 7 aromatic carbocycles. The van der Waals surface area contributed by atoms with Gasteiger partial charge in [-0.05, 0) is 97.0 Å². The van der Waals surface area contributed by atoms with Crippen LogP contribution < -0.4 is 0 Å². The van der Waals surface area contributed by atoms with Gasteiger partial charge in [-0.3, -0.25) is 4.98 Å². The third-order valence-electron chi connectivity index (χ3n) is 8.87. The summed E-state index contributed by atoms with van der Waals surface area (Å²) in [4.78, 5) is 4.23. The van der Waals surface area contributed by atoms with E-state index in [0.717, 1.165) is 5.69 Å². The van der Waals surface area contributed by atoms with Crippen LogP contribution in [0.1, 0.15) is 0 Å². The quantitative estimate of drug-likeness (QED) is 0.202. The van der Waals surface area contributed by atoms with Crippen LogP contribution in [0.15, 0.2) is 158 Å². The number of hydrogen-bond donors (Lipinski definition) is 0. The third-order valence-corrected chi connectivity index (χ3v) is 8.87. The Balaban J connectivity index is 1.21. The second-order valence-corrected chi connectivity index (χ2v) is 11.2. The van der Waals surface area contributed by atoms with Crippen LogP contribution in [0.3, 0.4) is 0 Å². The standard InChI is InChI=1S/C41H26N2/c1-2-12-34-32(10-1)33-11-3-4-13-35(33)38-25-29(16-18-36(34)38)27-8-7-9-28(24-27)30-17-19-41-39(26-30)37-14-5-6-15-40(37)43(41)31-20-22-42-23-21-31/h1-26H. The molecule has 43 heavy (non-hydrogen) atoms. The second-order valence-electron chi connectivity index (χ2n) is 11.2. The summed E-state index contributed by atoms with van der Waals surface area (Å²) < 4.78 is 2.33. The number of rotatable bonds is 3. The van der Waals surface area contributed by atoms with Gasteiger partial charge in [0.25, 0.3) is 0 Å². The van der Waals surface area contributed by atoms with Gasteiger partial charge in [-0.25, -0.2) is 0 Å². The Morgan fingerprint density at radius 2 is 0.814 bits per heavy atom. The van der Waals surface area contributed by atoms with Gasteiger partial charge >= 0.3 is 0 Å². The van der Waals surface area contributed by atoms with E-state index in [-0.39, 0.29) is 0 Å². The molecule has 2 heterocycles. The number of benzene rings is 7. The van der Waals surface area contributed by atoms with E-state index in [4.69, 9.17) is 0 Å². The number of aromatic nitrogens is 2. The second kappa shape index (κ2) is 9.40. The first kappa shape index (κ1) is 23.9. The molecular weight excluding hydrogens is 520 g/mol. The first-order chi connectivity index (χ1) is 21.3. The lowest BCUT2D eigenvalue weighted by Crippen LogP contribution is -1.93. The average molecular weight is 547 g/mol. The van der Waals surface area contributed by atoms with Crippen LogP contribution in [0.2, 0.25) is 0 Å². The lowest BCUT2D eigenvalue weighted by molar-refractivity contribution is 1.16. The number of hydrogen-bond acceptors (Lipinski definition) is 1. The SMILES string of the molecule is c1cc(-c2ccc3c4ccccc4c4ccccc4c3c2)cc(-c2ccc3c(c2)c2ccccc2n3-c2ccncc2)c1. The summed E-state index contributed by atoms with van der Waals surface area (Å²) in [5.74, 6) is 0. The van der Waals surface area contributed by atoms with E-state index in [0.29, 0.717) is 0 Å². The van der Waals surface area contributed by atoms with Gasteiger partial charge in [0.15, 0.2) is 0 Å². The Labute approximate surface area is 249 Å². The lowest BCUT2D eigenvalue weighted by atomic mass is 9.91. The molecule has 0 saturated heterocycles. The first-order valence-electron chi connectivity index (χ1n) is 14.7. The minimum absolute atomic E-state index is 1.12. The van der Waals surface area contributed by atoms with E-state index >= 15 is 0 Å². The van der Waals surface area contributed by atoms with Gasteiger partial charge in [-0.1, -0.05) is 103 Å². The summed E-state index contributed by atoms with van der Waals surface area (Å²) in [5.41, 5.74) is 8.38. The van der Waals surface area contributed by atoms with Crippen LogP contribution >= 0.6 is 0 Å². The minimum Gasteiger partial charge on any atom is -0.309 e. The molecule has 0 aliphatic rings.